The highest BCUT2D eigenvalue weighted by Crippen LogP contribution is 2.26. The van der Waals surface area contributed by atoms with Gasteiger partial charge in [0.25, 0.3) is 5.91 Å². The lowest BCUT2D eigenvalue weighted by molar-refractivity contribution is 0.0151. The molecule has 1 aromatic rings. The van der Waals surface area contributed by atoms with Crippen molar-refractivity contribution in [2.24, 2.45) is 0 Å². The number of amides is 1. The summed E-state index contributed by atoms with van der Waals surface area (Å²) >= 11 is 0. The van der Waals surface area contributed by atoms with Crippen LogP contribution in [0.2, 0.25) is 0 Å². The number of piperazine rings is 1. The zero-order valence-electron chi connectivity index (χ0n) is 13.8. The summed E-state index contributed by atoms with van der Waals surface area (Å²) in [4.78, 5) is 17.5. The number of nitrogens with two attached hydrogens (primary N) is 1. The van der Waals surface area contributed by atoms with Crippen LogP contribution in [-0.2, 0) is 0 Å². The molecule has 2 aliphatic heterocycles. The third-order valence-corrected chi connectivity index (χ3v) is 4.94. The maximum Gasteiger partial charge on any atom is 0.254 e. The molecule has 2 saturated heterocycles. The minimum absolute atomic E-state index is 0. The molecule has 0 radical (unpaired) electrons. The molecule has 0 aliphatic carbocycles. The Morgan fingerprint density at radius 3 is 2.70 bits per heavy atom. The predicted octanol–water partition coefficient (Wildman–Crippen LogP) is 3.12. The molecule has 2 aliphatic rings. The Labute approximate surface area is 151 Å². The van der Waals surface area contributed by atoms with Crippen molar-refractivity contribution < 1.29 is 4.79 Å². The molecule has 1 amide bonds. The number of rotatable bonds is 1. The van der Waals surface area contributed by atoms with Gasteiger partial charge in [-0.2, -0.15) is 0 Å². The zero-order chi connectivity index (χ0) is 15.0. The fraction of sp³-hybridized carbons (Fsp3) is 0.588. The van der Waals surface area contributed by atoms with Gasteiger partial charge in [-0.15, -0.1) is 24.8 Å². The Balaban J connectivity index is 0.00000132. The first kappa shape index (κ1) is 20.1. The second kappa shape index (κ2) is 8.22. The Morgan fingerprint density at radius 2 is 1.96 bits per heavy atom. The quantitative estimate of drug-likeness (QED) is 0.783. The number of piperidine rings is 1. The Bertz CT molecular complexity index is 553. The summed E-state index contributed by atoms with van der Waals surface area (Å²) in [6, 6.07) is 6.42. The fourth-order valence-electron chi connectivity index (χ4n) is 3.66. The second-order valence-electron chi connectivity index (χ2n) is 6.53. The minimum Gasteiger partial charge on any atom is -0.399 e. The molecule has 2 unspecified atom stereocenters. The molecule has 2 N–H and O–H groups in total. The molecule has 2 fully saturated rings. The van der Waals surface area contributed by atoms with E-state index < -0.39 is 0 Å². The van der Waals surface area contributed by atoms with Crippen LogP contribution in [0, 0.1) is 6.92 Å². The third kappa shape index (κ3) is 4.11. The molecule has 130 valence electrons. The molecule has 3 rings (SSSR count). The standard InChI is InChI=1S/C17H25N3O.2ClH/c1-12-6-7-14(18)9-16(12)17(21)20-11-15-5-3-4-8-19(15)10-13(20)2;;/h6-7,9,13,15H,3-5,8,10-11,18H2,1-2H3;2*1H. The number of hydrogen-bond acceptors (Lipinski definition) is 3. The van der Waals surface area contributed by atoms with Crippen molar-refractivity contribution in [2.45, 2.75) is 45.2 Å². The van der Waals surface area contributed by atoms with Crippen LogP contribution >= 0.6 is 24.8 Å². The molecule has 0 aromatic heterocycles. The van der Waals surface area contributed by atoms with Gasteiger partial charge >= 0.3 is 0 Å². The number of nitrogen functional groups attached to an aromatic ring is 1. The van der Waals surface area contributed by atoms with Crippen LogP contribution in [0.5, 0.6) is 0 Å². The van der Waals surface area contributed by atoms with Gasteiger partial charge in [0, 0.05) is 36.4 Å². The normalized spacial score (nSPS) is 24.2. The van der Waals surface area contributed by atoms with E-state index in [2.05, 4.69) is 11.8 Å². The summed E-state index contributed by atoms with van der Waals surface area (Å²) < 4.78 is 0. The van der Waals surface area contributed by atoms with Gasteiger partial charge in [-0.05, 0) is 50.9 Å². The van der Waals surface area contributed by atoms with Crippen molar-refractivity contribution in [2.75, 3.05) is 25.4 Å². The molecule has 0 saturated carbocycles. The fourth-order valence-corrected chi connectivity index (χ4v) is 3.66. The van der Waals surface area contributed by atoms with E-state index in [0.717, 1.165) is 24.2 Å². The highest BCUT2D eigenvalue weighted by Gasteiger charge is 2.35. The van der Waals surface area contributed by atoms with Crippen molar-refractivity contribution in [1.29, 1.82) is 0 Å². The van der Waals surface area contributed by atoms with E-state index in [1.807, 2.05) is 30.0 Å². The highest BCUT2D eigenvalue weighted by atomic mass is 35.5. The van der Waals surface area contributed by atoms with Crippen LogP contribution in [0.3, 0.4) is 0 Å². The number of hydrogen-bond donors (Lipinski definition) is 1. The maximum atomic E-state index is 12.9. The van der Waals surface area contributed by atoms with Crippen molar-refractivity contribution in [3.63, 3.8) is 0 Å². The number of carbonyl (C=O) groups excluding carboxylic acids is 1. The number of benzene rings is 1. The second-order valence-corrected chi connectivity index (χ2v) is 6.53. The molecule has 6 heteroatoms. The van der Waals surface area contributed by atoms with Crippen molar-refractivity contribution >= 4 is 36.4 Å². The van der Waals surface area contributed by atoms with E-state index in [-0.39, 0.29) is 36.8 Å². The number of anilines is 1. The summed E-state index contributed by atoms with van der Waals surface area (Å²) in [6.07, 6.45) is 3.80. The predicted molar refractivity (Wildman–Crippen MR) is 99.8 cm³/mol. The van der Waals surface area contributed by atoms with Crippen molar-refractivity contribution in [3.8, 4) is 0 Å². The number of halogens is 2. The SMILES string of the molecule is Cc1ccc(N)cc1C(=O)N1CC2CCCCN2CC1C.Cl.Cl. The van der Waals surface area contributed by atoms with Crippen LogP contribution in [0.1, 0.15) is 42.1 Å². The van der Waals surface area contributed by atoms with Crippen LogP contribution in [0.25, 0.3) is 0 Å². The van der Waals surface area contributed by atoms with Gasteiger partial charge in [-0.3, -0.25) is 9.69 Å². The molecular formula is C17H27Cl2N3O. The first-order valence-corrected chi connectivity index (χ1v) is 7.97. The van der Waals surface area contributed by atoms with Crippen LogP contribution in [0.15, 0.2) is 18.2 Å². The third-order valence-electron chi connectivity index (χ3n) is 4.94. The van der Waals surface area contributed by atoms with Crippen molar-refractivity contribution in [1.82, 2.24) is 9.80 Å². The van der Waals surface area contributed by atoms with Crippen LogP contribution in [-0.4, -0.2) is 47.4 Å². The smallest absolute Gasteiger partial charge is 0.254 e. The molecular weight excluding hydrogens is 333 g/mol. The number of aryl methyl sites for hydroxylation is 1. The van der Waals surface area contributed by atoms with E-state index in [4.69, 9.17) is 5.73 Å². The van der Waals surface area contributed by atoms with E-state index in [1.54, 1.807) is 0 Å². The summed E-state index contributed by atoms with van der Waals surface area (Å²) in [5, 5.41) is 0. The summed E-state index contributed by atoms with van der Waals surface area (Å²) in [5.74, 6) is 0.137. The highest BCUT2D eigenvalue weighted by molar-refractivity contribution is 5.96. The molecule has 1 aromatic carbocycles. The summed E-state index contributed by atoms with van der Waals surface area (Å²) in [5.41, 5.74) is 8.28. The molecule has 23 heavy (non-hydrogen) atoms. The van der Waals surface area contributed by atoms with Gasteiger partial charge in [0.15, 0.2) is 0 Å². The van der Waals surface area contributed by atoms with E-state index >= 15 is 0 Å². The number of carbonyl (C=O) groups is 1. The minimum atomic E-state index is 0. The summed E-state index contributed by atoms with van der Waals surface area (Å²) in [6.45, 7) is 7.18. The first-order chi connectivity index (χ1) is 10.1. The van der Waals surface area contributed by atoms with Crippen molar-refractivity contribution in [3.05, 3.63) is 29.3 Å². The monoisotopic (exact) mass is 359 g/mol. The van der Waals surface area contributed by atoms with Gasteiger partial charge in [-0.25, -0.2) is 0 Å². The molecule has 0 bridgehead atoms. The lowest BCUT2D eigenvalue weighted by Crippen LogP contribution is -2.60. The van der Waals surface area contributed by atoms with E-state index in [1.165, 1.54) is 25.8 Å². The van der Waals surface area contributed by atoms with E-state index in [9.17, 15) is 4.79 Å². The van der Waals surface area contributed by atoms with Gasteiger partial charge in [0.1, 0.15) is 0 Å². The molecule has 2 heterocycles. The molecule has 0 spiro atoms. The Kier molecular flexibility index (Phi) is 7.18. The topological polar surface area (TPSA) is 49.6 Å². The Morgan fingerprint density at radius 1 is 1.22 bits per heavy atom. The largest absolute Gasteiger partial charge is 0.399 e. The van der Waals surface area contributed by atoms with Gasteiger partial charge in [-0.1, -0.05) is 12.5 Å². The van der Waals surface area contributed by atoms with Crippen LogP contribution in [0.4, 0.5) is 5.69 Å². The first-order valence-electron chi connectivity index (χ1n) is 7.97. The van der Waals surface area contributed by atoms with Gasteiger partial charge in [0.2, 0.25) is 0 Å². The lowest BCUT2D eigenvalue weighted by atomic mass is 9.96. The number of fused-ring (bicyclic) bond motifs is 1. The lowest BCUT2D eigenvalue weighted by Gasteiger charge is -2.47. The van der Waals surface area contributed by atoms with Gasteiger partial charge < -0.3 is 10.6 Å². The Hall–Kier alpha value is -0.970. The average molecular weight is 360 g/mol. The summed E-state index contributed by atoms with van der Waals surface area (Å²) in [7, 11) is 0. The van der Waals surface area contributed by atoms with Crippen LogP contribution < -0.4 is 5.73 Å². The molecule has 4 nitrogen and oxygen atoms in total. The average Bonchev–Trinajstić information content (AvgIpc) is 2.48. The number of nitrogens with zero attached hydrogens (tertiary/aromatic N) is 2. The molecule has 2 atom stereocenters. The van der Waals surface area contributed by atoms with Gasteiger partial charge in [0.05, 0.1) is 0 Å². The maximum absolute atomic E-state index is 12.9. The van der Waals surface area contributed by atoms with E-state index in [0.29, 0.717) is 11.7 Å². The zero-order valence-corrected chi connectivity index (χ0v) is 15.5.